The first-order valence-electron chi connectivity index (χ1n) is 9.95. The summed E-state index contributed by atoms with van der Waals surface area (Å²) in [6.07, 6.45) is 7.30. The average Bonchev–Trinajstić information content (AvgIpc) is 3.36. The van der Waals surface area contributed by atoms with Gasteiger partial charge in [0.25, 0.3) is 0 Å². The summed E-state index contributed by atoms with van der Waals surface area (Å²) >= 11 is 0. The molecule has 1 aromatic rings. The number of hydrogen-bond acceptors (Lipinski definition) is 4. The maximum atomic E-state index is 12.6. The Bertz CT molecular complexity index is 668. The Balaban J connectivity index is 1.50. The van der Waals surface area contributed by atoms with E-state index in [4.69, 9.17) is 0 Å². The molecule has 3 rings (SSSR count). The van der Waals surface area contributed by atoms with Gasteiger partial charge in [0.1, 0.15) is 5.82 Å². The van der Waals surface area contributed by atoms with E-state index in [0.29, 0.717) is 12.5 Å². The van der Waals surface area contributed by atoms with Crippen LogP contribution in [0.25, 0.3) is 0 Å². The molecule has 1 aliphatic heterocycles. The number of likely N-dealkylation sites (tertiary alicyclic amines) is 1. The van der Waals surface area contributed by atoms with Crippen molar-refractivity contribution in [2.75, 3.05) is 39.1 Å². The standard InChI is InChI=1S/C20H32N6O/c1-21-20(23-13-16-9-6-11-22-18(16)25(2)3)24-17-10-12-26(14-17)19(27)15-7-4-5-8-15/h6,9,11,15,17H,4-5,7-8,10,12-14H2,1-3H3,(H2,21,23,24). The minimum atomic E-state index is 0.253. The highest BCUT2D eigenvalue weighted by molar-refractivity contribution is 5.81. The molecular formula is C20H32N6O. The third kappa shape index (κ3) is 4.90. The van der Waals surface area contributed by atoms with Crippen molar-refractivity contribution >= 4 is 17.7 Å². The molecule has 2 heterocycles. The van der Waals surface area contributed by atoms with E-state index in [1.54, 1.807) is 13.2 Å². The number of hydrogen-bond donors (Lipinski definition) is 2. The van der Waals surface area contributed by atoms with Crippen molar-refractivity contribution in [3.05, 3.63) is 23.9 Å². The van der Waals surface area contributed by atoms with Gasteiger partial charge in [-0.1, -0.05) is 18.9 Å². The molecule has 2 N–H and O–H groups in total. The number of aromatic nitrogens is 1. The molecule has 0 spiro atoms. The summed E-state index contributed by atoms with van der Waals surface area (Å²) in [6.45, 7) is 2.27. The van der Waals surface area contributed by atoms with Crippen LogP contribution in [0.4, 0.5) is 5.82 Å². The number of aliphatic imine (C=N–C) groups is 1. The van der Waals surface area contributed by atoms with Gasteiger partial charge in [0.05, 0.1) is 0 Å². The second-order valence-corrected chi connectivity index (χ2v) is 7.70. The minimum Gasteiger partial charge on any atom is -0.362 e. The third-order valence-electron chi connectivity index (χ3n) is 5.51. The molecule has 7 heteroatoms. The van der Waals surface area contributed by atoms with Crippen LogP contribution < -0.4 is 15.5 Å². The molecule has 1 amide bonds. The highest BCUT2D eigenvalue weighted by atomic mass is 16.2. The van der Waals surface area contributed by atoms with E-state index in [1.165, 1.54) is 12.8 Å². The Morgan fingerprint density at radius 2 is 2.11 bits per heavy atom. The van der Waals surface area contributed by atoms with Crippen LogP contribution in [0.2, 0.25) is 0 Å². The summed E-state index contributed by atoms with van der Waals surface area (Å²) < 4.78 is 0. The van der Waals surface area contributed by atoms with E-state index >= 15 is 0 Å². The fraction of sp³-hybridized carbons (Fsp3) is 0.650. The van der Waals surface area contributed by atoms with Gasteiger partial charge in [-0.2, -0.15) is 0 Å². The van der Waals surface area contributed by atoms with Crippen LogP contribution in [0, 0.1) is 5.92 Å². The Kier molecular flexibility index (Phi) is 6.53. The number of amides is 1. The van der Waals surface area contributed by atoms with Crippen molar-refractivity contribution < 1.29 is 4.79 Å². The normalized spacial score (nSPS) is 20.8. The van der Waals surface area contributed by atoms with Crippen molar-refractivity contribution in [2.45, 2.75) is 44.7 Å². The topological polar surface area (TPSA) is 72.9 Å². The highest BCUT2D eigenvalue weighted by Crippen LogP contribution is 2.27. The maximum absolute atomic E-state index is 12.6. The zero-order valence-electron chi connectivity index (χ0n) is 16.7. The van der Waals surface area contributed by atoms with Gasteiger partial charge in [-0.05, 0) is 25.3 Å². The molecule has 2 aliphatic rings. The van der Waals surface area contributed by atoms with Crippen LogP contribution in [0.3, 0.4) is 0 Å². The molecule has 1 aliphatic carbocycles. The fourth-order valence-corrected chi connectivity index (χ4v) is 4.05. The van der Waals surface area contributed by atoms with Gasteiger partial charge in [-0.15, -0.1) is 0 Å². The number of anilines is 1. The van der Waals surface area contributed by atoms with E-state index in [2.05, 4.69) is 26.7 Å². The predicted molar refractivity (Wildman–Crippen MR) is 109 cm³/mol. The zero-order valence-corrected chi connectivity index (χ0v) is 16.7. The van der Waals surface area contributed by atoms with Crippen LogP contribution >= 0.6 is 0 Å². The molecule has 27 heavy (non-hydrogen) atoms. The van der Waals surface area contributed by atoms with E-state index < -0.39 is 0 Å². The summed E-state index contributed by atoms with van der Waals surface area (Å²) in [6, 6.07) is 4.27. The number of carbonyl (C=O) groups is 1. The van der Waals surface area contributed by atoms with E-state index in [9.17, 15) is 4.79 Å². The van der Waals surface area contributed by atoms with E-state index in [0.717, 1.165) is 49.7 Å². The van der Waals surface area contributed by atoms with Gasteiger partial charge in [0.2, 0.25) is 5.91 Å². The predicted octanol–water partition coefficient (Wildman–Crippen LogP) is 1.60. The van der Waals surface area contributed by atoms with Crippen molar-refractivity contribution in [1.82, 2.24) is 20.5 Å². The van der Waals surface area contributed by atoms with Gasteiger partial charge < -0.3 is 20.4 Å². The van der Waals surface area contributed by atoms with Crippen molar-refractivity contribution in [1.29, 1.82) is 0 Å². The summed E-state index contributed by atoms with van der Waals surface area (Å²) in [7, 11) is 5.77. The second kappa shape index (κ2) is 9.06. The lowest BCUT2D eigenvalue weighted by Gasteiger charge is -2.22. The van der Waals surface area contributed by atoms with Gasteiger partial charge >= 0.3 is 0 Å². The Morgan fingerprint density at radius 1 is 1.33 bits per heavy atom. The number of nitrogens with one attached hydrogen (secondary N) is 2. The molecule has 0 aromatic carbocycles. The van der Waals surface area contributed by atoms with E-state index in [1.807, 2.05) is 30.0 Å². The minimum absolute atomic E-state index is 0.253. The molecule has 1 atom stereocenters. The molecule has 1 aromatic heterocycles. The van der Waals surface area contributed by atoms with Crippen molar-refractivity contribution in [3.63, 3.8) is 0 Å². The van der Waals surface area contributed by atoms with Crippen molar-refractivity contribution in [2.24, 2.45) is 10.9 Å². The molecule has 1 unspecified atom stereocenters. The van der Waals surface area contributed by atoms with Crippen LogP contribution in [0.5, 0.6) is 0 Å². The summed E-state index contributed by atoms with van der Waals surface area (Å²) in [5.74, 6) is 2.33. The molecule has 0 bridgehead atoms. The average molecular weight is 373 g/mol. The maximum Gasteiger partial charge on any atom is 0.225 e. The quantitative estimate of drug-likeness (QED) is 0.607. The lowest BCUT2D eigenvalue weighted by molar-refractivity contribution is -0.134. The van der Waals surface area contributed by atoms with Gasteiger partial charge in [-0.3, -0.25) is 9.79 Å². The van der Waals surface area contributed by atoms with Crippen molar-refractivity contribution in [3.8, 4) is 0 Å². The number of rotatable bonds is 5. The van der Waals surface area contributed by atoms with Gasteiger partial charge in [-0.25, -0.2) is 4.98 Å². The summed E-state index contributed by atoms with van der Waals surface area (Å²) in [5.41, 5.74) is 1.12. The third-order valence-corrected chi connectivity index (χ3v) is 5.51. The first kappa shape index (κ1) is 19.5. The highest BCUT2D eigenvalue weighted by Gasteiger charge is 2.32. The second-order valence-electron chi connectivity index (χ2n) is 7.70. The van der Waals surface area contributed by atoms with Crippen LogP contribution in [-0.2, 0) is 11.3 Å². The van der Waals surface area contributed by atoms with Gasteiger partial charge in [0, 0.05) is 64.5 Å². The van der Waals surface area contributed by atoms with Crippen LogP contribution in [-0.4, -0.2) is 62.0 Å². The summed E-state index contributed by atoms with van der Waals surface area (Å²) in [4.78, 5) is 25.4. The molecule has 0 radical (unpaired) electrons. The van der Waals surface area contributed by atoms with Gasteiger partial charge in [0.15, 0.2) is 5.96 Å². The Hall–Kier alpha value is -2.31. The zero-order chi connectivity index (χ0) is 19.2. The Morgan fingerprint density at radius 3 is 2.81 bits per heavy atom. The number of carbonyl (C=O) groups excluding carboxylic acids is 1. The summed E-state index contributed by atoms with van der Waals surface area (Å²) in [5, 5.41) is 6.85. The largest absolute Gasteiger partial charge is 0.362 e. The lowest BCUT2D eigenvalue weighted by atomic mass is 10.1. The fourth-order valence-electron chi connectivity index (χ4n) is 4.05. The lowest BCUT2D eigenvalue weighted by Crippen LogP contribution is -2.45. The molecular weight excluding hydrogens is 340 g/mol. The number of guanidine groups is 1. The molecule has 148 valence electrons. The molecule has 2 fully saturated rings. The molecule has 1 saturated heterocycles. The van der Waals surface area contributed by atoms with E-state index in [-0.39, 0.29) is 12.0 Å². The number of nitrogens with zero attached hydrogens (tertiary/aromatic N) is 4. The Labute approximate surface area is 162 Å². The molecule has 7 nitrogen and oxygen atoms in total. The van der Waals surface area contributed by atoms with Crippen LogP contribution in [0.15, 0.2) is 23.3 Å². The monoisotopic (exact) mass is 372 g/mol. The molecule has 1 saturated carbocycles. The van der Waals surface area contributed by atoms with Crippen LogP contribution in [0.1, 0.15) is 37.7 Å². The number of pyridine rings is 1. The first-order chi connectivity index (χ1) is 13.1. The SMILES string of the molecule is CN=C(NCc1cccnc1N(C)C)NC1CCN(C(=O)C2CCCC2)C1. The first-order valence-corrected chi connectivity index (χ1v) is 9.95. The smallest absolute Gasteiger partial charge is 0.225 e.